The predicted molar refractivity (Wildman–Crippen MR) is 101 cm³/mol. The van der Waals surface area contributed by atoms with Gasteiger partial charge in [-0.15, -0.1) is 0 Å². The highest BCUT2D eigenvalue weighted by Gasteiger charge is 2.09. The van der Waals surface area contributed by atoms with Crippen molar-refractivity contribution >= 4 is 34.8 Å². The average Bonchev–Trinajstić information content (AvgIpc) is 2.61. The van der Waals surface area contributed by atoms with Crippen LogP contribution in [0.2, 0.25) is 10.0 Å². The number of aliphatic hydroxyl groups excluding tert-OH is 1. The fourth-order valence-electron chi connectivity index (χ4n) is 1.93. The first-order chi connectivity index (χ1) is 12.0. The second-order valence-electron chi connectivity index (χ2n) is 5.10. The molecule has 6 nitrogen and oxygen atoms in total. The minimum Gasteiger partial charge on any atom is -0.497 e. The third kappa shape index (κ3) is 6.01. The van der Waals surface area contributed by atoms with Gasteiger partial charge in [-0.1, -0.05) is 35.3 Å². The van der Waals surface area contributed by atoms with Crippen molar-refractivity contribution in [3.63, 3.8) is 0 Å². The summed E-state index contributed by atoms with van der Waals surface area (Å²) in [5, 5.41) is 13.6. The number of nitrogens with zero attached hydrogens (tertiary/aromatic N) is 1. The van der Waals surface area contributed by atoms with Crippen LogP contribution in [0.15, 0.2) is 47.5 Å². The maximum atomic E-state index is 9.96. The summed E-state index contributed by atoms with van der Waals surface area (Å²) in [5.74, 6) is 1.28. The Hall–Kier alpha value is -2.15. The lowest BCUT2D eigenvalue weighted by Gasteiger charge is -2.13. The first kappa shape index (κ1) is 19.2. The molecule has 1 atom stereocenters. The van der Waals surface area contributed by atoms with E-state index >= 15 is 0 Å². The van der Waals surface area contributed by atoms with E-state index in [-0.39, 0.29) is 19.1 Å². The monoisotopic (exact) mass is 383 g/mol. The molecule has 2 aromatic carbocycles. The van der Waals surface area contributed by atoms with Crippen molar-refractivity contribution in [3.05, 3.63) is 52.5 Å². The largest absolute Gasteiger partial charge is 0.497 e. The first-order valence-corrected chi connectivity index (χ1v) is 8.21. The number of halogens is 2. The quantitative estimate of drug-likeness (QED) is 0.504. The maximum absolute atomic E-state index is 9.96. The third-order valence-corrected chi connectivity index (χ3v) is 3.96. The third-order valence-electron chi connectivity index (χ3n) is 3.16. The van der Waals surface area contributed by atoms with Gasteiger partial charge in [0.15, 0.2) is 5.96 Å². The maximum Gasteiger partial charge on any atom is 0.193 e. The van der Waals surface area contributed by atoms with Crippen LogP contribution in [-0.4, -0.2) is 37.4 Å². The SMILES string of the molecule is COc1cccc(NC(N)=NCC(O)COc2cccc(Cl)c2Cl)c1. The molecule has 0 aliphatic rings. The van der Waals surface area contributed by atoms with Crippen LogP contribution >= 0.6 is 23.2 Å². The van der Waals surface area contributed by atoms with Gasteiger partial charge in [-0.25, -0.2) is 0 Å². The molecule has 8 heteroatoms. The Morgan fingerprint density at radius 1 is 1.28 bits per heavy atom. The van der Waals surface area contributed by atoms with Gasteiger partial charge in [0.05, 0.1) is 18.7 Å². The highest BCUT2D eigenvalue weighted by atomic mass is 35.5. The summed E-state index contributed by atoms with van der Waals surface area (Å²) >= 11 is 11.9. The van der Waals surface area contributed by atoms with E-state index in [0.29, 0.717) is 21.5 Å². The molecule has 0 saturated carbocycles. The molecule has 0 amide bonds. The molecular weight excluding hydrogens is 365 g/mol. The van der Waals surface area contributed by atoms with Crippen molar-refractivity contribution in [2.24, 2.45) is 10.7 Å². The number of guanidine groups is 1. The van der Waals surface area contributed by atoms with Crippen molar-refractivity contribution in [1.29, 1.82) is 0 Å². The topological polar surface area (TPSA) is 89.1 Å². The number of methoxy groups -OCH3 is 1. The fourth-order valence-corrected chi connectivity index (χ4v) is 2.27. The van der Waals surface area contributed by atoms with Gasteiger partial charge in [0, 0.05) is 11.8 Å². The molecule has 0 fully saturated rings. The Labute approximate surface area is 156 Å². The highest BCUT2D eigenvalue weighted by molar-refractivity contribution is 6.42. The van der Waals surface area contributed by atoms with Gasteiger partial charge >= 0.3 is 0 Å². The summed E-state index contributed by atoms with van der Waals surface area (Å²) in [6.45, 7) is 0.0803. The highest BCUT2D eigenvalue weighted by Crippen LogP contribution is 2.31. The van der Waals surface area contributed by atoms with Crippen LogP contribution in [-0.2, 0) is 0 Å². The number of ether oxygens (including phenoxy) is 2. The van der Waals surface area contributed by atoms with Crippen LogP contribution in [0.1, 0.15) is 0 Å². The number of nitrogens with two attached hydrogens (primary N) is 1. The number of hydrogen-bond donors (Lipinski definition) is 3. The normalized spacial score (nSPS) is 12.6. The predicted octanol–water partition coefficient (Wildman–Crippen LogP) is 3.17. The number of anilines is 1. The van der Waals surface area contributed by atoms with Gasteiger partial charge in [0.25, 0.3) is 0 Å². The molecule has 0 aliphatic carbocycles. The van der Waals surface area contributed by atoms with E-state index in [4.69, 9.17) is 38.4 Å². The van der Waals surface area contributed by atoms with Gasteiger partial charge in [-0.2, -0.15) is 0 Å². The summed E-state index contributed by atoms with van der Waals surface area (Å²) in [6, 6.07) is 12.3. The molecule has 0 radical (unpaired) electrons. The van der Waals surface area contributed by atoms with Crippen molar-refractivity contribution < 1.29 is 14.6 Å². The fraction of sp³-hybridized carbons (Fsp3) is 0.235. The Balaban J connectivity index is 1.84. The molecule has 134 valence electrons. The van der Waals surface area contributed by atoms with Gasteiger partial charge in [-0.05, 0) is 24.3 Å². The molecule has 25 heavy (non-hydrogen) atoms. The second-order valence-corrected chi connectivity index (χ2v) is 5.88. The summed E-state index contributed by atoms with van der Waals surface area (Å²) in [5.41, 5.74) is 6.54. The minimum absolute atomic E-state index is 0.00992. The number of benzene rings is 2. The van der Waals surface area contributed by atoms with E-state index in [1.54, 1.807) is 31.4 Å². The zero-order valence-corrected chi connectivity index (χ0v) is 15.1. The number of rotatable bonds is 7. The van der Waals surface area contributed by atoms with Crippen LogP contribution in [0.5, 0.6) is 11.5 Å². The van der Waals surface area contributed by atoms with Gasteiger partial charge in [0.2, 0.25) is 0 Å². The number of aliphatic hydroxyl groups is 1. The standard InChI is InChI=1S/C17H19Cl2N3O3/c1-24-13-5-2-4-11(8-13)22-17(20)21-9-12(23)10-25-15-7-3-6-14(18)16(15)19/h2-8,12,23H,9-10H2,1H3,(H3,20,21,22). The number of hydrogen-bond acceptors (Lipinski definition) is 4. The molecule has 1 unspecified atom stereocenters. The lowest BCUT2D eigenvalue weighted by molar-refractivity contribution is 0.114. The Morgan fingerprint density at radius 3 is 2.80 bits per heavy atom. The molecule has 2 rings (SSSR count). The molecule has 4 N–H and O–H groups in total. The summed E-state index contributed by atoms with van der Waals surface area (Å²) in [7, 11) is 1.58. The zero-order valence-electron chi connectivity index (χ0n) is 13.6. The van der Waals surface area contributed by atoms with E-state index < -0.39 is 6.10 Å². The van der Waals surface area contributed by atoms with E-state index in [9.17, 15) is 5.11 Å². The molecular formula is C17H19Cl2N3O3. The van der Waals surface area contributed by atoms with Crippen molar-refractivity contribution in [1.82, 2.24) is 0 Å². The van der Waals surface area contributed by atoms with Crippen molar-refractivity contribution in [3.8, 4) is 11.5 Å². The molecule has 0 heterocycles. The van der Waals surface area contributed by atoms with Crippen LogP contribution in [0.4, 0.5) is 5.69 Å². The van der Waals surface area contributed by atoms with E-state index in [1.165, 1.54) is 0 Å². The van der Waals surface area contributed by atoms with Crippen LogP contribution < -0.4 is 20.5 Å². The Kier molecular flexibility index (Phi) is 7.18. The molecule has 0 aromatic heterocycles. The van der Waals surface area contributed by atoms with Crippen molar-refractivity contribution in [2.45, 2.75) is 6.10 Å². The number of aliphatic imine (C=N–C) groups is 1. The Morgan fingerprint density at radius 2 is 2.04 bits per heavy atom. The van der Waals surface area contributed by atoms with Gasteiger partial charge in [-0.3, -0.25) is 4.99 Å². The van der Waals surface area contributed by atoms with Crippen molar-refractivity contribution in [2.75, 3.05) is 25.6 Å². The zero-order chi connectivity index (χ0) is 18.2. The average molecular weight is 384 g/mol. The lowest BCUT2D eigenvalue weighted by atomic mass is 10.3. The van der Waals surface area contributed by atoms with Crippen LogP contribution in [0, 0.1) is 0 Å². The van der Waals surface area contributed by atoms with Crippen LogP contribution in [0.3, 0.4) is 0 Å². The second kappa shape index (κ2) is 9.36. The van der Waals surface area contributed by atoms with E-state index in [2.05, 4.69) is 10.3 Å². The first-order valence-electron chi connectivity index (χ1n) is 7.45. The Bertz CT molecular complexity index is 741. The minimum atomic E-state index is -0.847. The summed E-state index contributed by atoms with van der Waals surface area (Å²) < 4.78 is 10.6. The van der Waals surface area contributed by atoms with E-state index in [1.807, 2.05) is 18.2 Å². The lowest BCUT2D eigenvalue weighted by Crippen LogP contribution is -2.27. The van der Waals surface area contributed by atoms with Gasteiger partial charge < -0.3 is 25.6 Å². The molecule has 0 saturated heterocycles. The summed E-state index contributed by atoms with van der Waals surface area (Å²) in [4.78, 5) is 4.08. The van der Waals surface area contributed by atoms with Gasteiger partial charge in [0.1, 0.15) is 29.2 Å². The molecule has 0 spiro atoms. The smallest absolute Gasteiger partial charge is 0.193 e. The number of nitrogens with one attached hydrogen (secondary N) is 1. The molecule has 0 bridgehead atoms. The van der Waals surface area contributed by atoms with E-state index in [0.717, 1.165) is 5.69 Å². The van der Waals surface area contributed by atoms with Crippen LogP contribution in [0.25, 0.3) is 0 Å². The molecule has 0 aliphatic heterocycles. The summed E-state index contributed by atoms with van der Waals surface area (Å²) in [6.07, 6.45) is -0.847. The molecule has 2 aromatic rings.